The Morgan fingerprint density at radius 1 is 1.22 bits per heavy atom. The number of aromatic nitrogens is 1. The molecule has 18 heavy (non-hydrogen) atoms. The van der Waals surface area contributed by atoms with Crippen molar-refractivity contribution in [1.82, 2.24) is 10.3 Å². The van der Waals surface area contributed by atoms with E-state index in [4.69, 9.17) is 4.98 Å². The molecule has 0 aromatic carbocycles. The molecule has 0 radical (unpaired) electrons. The summed E-state index contributed by atoms with van der Waals surface area (Å²) in [5, 5.41) is 5.04. The zero-order valence-corrected chi connectivity index (χ0v) is 12.8. The van der Waals surface area contributed by atoms with Crippen LogP contribution in [-0.2, 0) is 18.4 Å². The fourth-order valence-electron chi connectivity index (χ4n) is 2.76. The average molecular weight is 266 g/mol. The summed E-state index contributed by atoms with van der Waals surface area (Å²) < 4.78 is 0. The van der Waals surface area contributed by atoms with Crippen LogP contribution in [0.3, 0.4) is 0 Å². The van der Waals surface area contributed by atoms with Gasteiger partial charge in [0.05, 0.1) is 11.2 Å². The minimum Gasteiger partial charge on any atom is -0.306 e. The van der Waals surface area contributed by atoms with Gasteiger partial charge >= 0.3 is 0 Å². The first-order chi connectivity index (χ1) is 8.69. The topological polar surface area (TPSA) is 24.9 Å². The lowest BCUT2D eigenvalue weighted by Gasteiger charge is -2.28. The highest BCUT2D eigenvalue weighted by molar-refractivity contribution is 7.11. The second-order valence-electron chi connectivity index (χ2n) is 5.60. The molecule has 0 aliphatic heterocycles. The molecular formula is C15H26N2S. The molecule has 1 aromatic rings. The van der Waals surface area contributed by atoms with Crippen molar-refractivity contribution in [2.75, 3.05) is 6.54 Å². The molecule has 1 unspecified atom stereocenters. The number of fused-ring (bicyclic) bond motifs is 1. The Balaban J connectivity index is 2.21. The summed E-state index contributed by atoms with van der Waals surface area (Å²) in [6, 6.07) is 0. The Morgan fingerprint density at radius 3 is 2.67 bits per heavy atom. The smallest absolute Gasteiger partial charge is 0.113 e. The molecule has 1 aliphatic carbocycles. The van der Waals surface area contributed by atoms with Crippen LogP contribution in [0.2, 0.25) is 0 Å². The highest BCUT2D eigenvalue weighted by Crippen LogP contribution is 2.34. The van der Waals surface area contributed by atoms with Crippen LogP contribution in [-0.4, -0.2) is 11.5 Å². The normalized spacial score (nSPS) is 18.4. The van der Waals surface area contributed by atoms with Crippen LogP contribution in [0, 0.1) is 0 Å². The lowest BCUT2D eigenvalue weighted by molar-refractivity contribution is 0.335. The highest BCUT2D eigenvalue weighted by Gasteiger charge is 2.30. The number of thiazole rings is 1. The Labute approximate surface area is 115 Å². The van der Waals surface area contributed by atoms with Crippen molar-refractivity contribution in [1.29, 1.82) is 0 Å². The standard InChI is InChI=1S/C15H26N2S/c1-4-10-15(3,16-11-5-2)14-17-12-8-6-7-9-13(12)18-14/h16H,4-11H2,1-3H3. The SMILES string of the molecule is CCCNC(C)(CCC)c1nc2c(s1)CCCC2. The molecule has 3 heteroatoms. The third kappa shape index (κ3) is 2.94. The van der Waals surface area contributed by atoms with Gasteiger partial charge in [0.1, 0.15) is 5.01 Å². The Kier molecular flexibility index (Phi) is 4.79. The first kappa shape index (κ1) is 14.0. The lowest BCUT2D eigenvalue weighted by Crippen LogP contribution is -2.39. The van der Waals surface area contributed by atoms with Crippen molar-refractivity contribution in [2.45, 2.75) is 71.3 Å². The number of nitrogens with zero attached hydrogens (tertiary/aromatic N) is 1. The molecule has 0 bridgehead atoms. The zero-order chi connectivity index (χ0) is 13.0. The summed E-state index contributed by atoms with van der Waals surface area (Å²) in [4.78, 5) is 6.50. The van der Waals surface area contributed by atoms with Crippen LogP contribution in [0.15, 0.2) is 0 Å². The first-order valence-electron chi connectivity index (χ1n) is 7.43. The van der Waals surface area contributed by atoms with Crippen LogP contribution < -0.4 is 5.32 Å². The van der Waals surface area contributed by atoms with Gasteiger partial charge in [-0.25, -0.2) is 4.98 Å². The van der Waals surface area contributed by atoms with Gasteiger partial charge in [-0.3, -0.25) is 0 Å². The maximum absolute atomic E-state index is 4.95. The largest absolute Gasteiger partial charge is 0.306 e. The highest BCUT2D eigenvalue weighted by atomic mass is 32.1. The molecule has 0 fully saturated rings. The van der Waals surface area contributed by atoms with Crippen molar-refractivity contribution >= 4 is 11.3 Å². The molecule has 2 nitrogen and oxygen atoms in total. The van der Waals surface area contributed by atoms with Crippen molar-refractivity contribution in [3.05, 3.63) is 15.6 Å². The molecule has 1 atom stereocenters. The van der Waals surface area contributed by atoms with E-state index >= 15 is 0 Å². The Hall–Kier alpha value is -0.410. The molecular weight excluding hydrogens is 240 g/mol. The van der Waals surface area contributed by atoms with Crippen LogP contribution in [0.4, 0.5) is 0 Å². The van der Waals surface area contributed by atoms with E-state index in [0.717, 1.165) is 6.54 Å². The van der Waals surface area contributed by atoms with Crippen LogP contribution in [0.1, 0.15) is 68.5 Å². The molecule has 1 heterocycles. The van der Waals surface area contributed by atoms with Crippen LogP contribution in [0.5, 0.6) is 0 Å². The van der Waals surface area contributed by atoms with Gasteiger partial charge in [0.15, 0.2) is 0 Å². The van der Waals surface area contributed by atoms with Gasteiger partial charge < -0.3 is 5.32 Å². The fourth-order valence-corrected chi connectivity index (χ4v) is 4.06. The summed E-state index contributed by atoms with van der Waals surface area (Å²) in [7, 11) is 0. The number of hydrogen-bond donors (Lipinski definition) is 1. The Morgan fingerprint density at radius 2 is 2.00 bits per heavy atom. The van der Waals surface area contributed by atoms with Crippen LogP contribution in [0.25, 0.3) is 0 Å². The number of hydrogen-bond acceptors (Lipinski definition) is 3. The molecule has 1 aliphatic rings. The molecule has 0 saturated carbocycles. The van der Waals surface area contributed by atoms with Crippen molar-refractivity contribution in [3.63, 3.8) is 0 Å². The van der Waals surface area contributed by atoms with E-state index in [0.29, 0.717) is 0 Å². The van der Waals surface area contributed by atoms with E-state index in [-0.39, 0.29) is 5.54 Å². The molecule has 0 saturated heterocycles. The summed E-state index contributed by atoms with van der Waals surface area (Å²) in [6.07, 6.45) is 8.69. The van der Waals surface area contributed by atoms with Gasteiger partial charge in [-0.2, -0.15) is 0 Å². The zero-order valence-electron chi connectivity index (χ0n) is 12.0. The third-order valence-corrected chi connectivity index (χ3v) is 5.25. The van der Waals surface area contributed by atoms with Gasteiger partial charge in [-0.1, -0.05) is 20.3 Å². The molecule has 0 amide bonds. The first-order valence-corrected chi connectivity index (χ1v) is 8.25. The maximum atomic E-state index is 4.95. The summed E-state index contributed by atoms with van der Waals surface area (Å²) in [6.45, 7) is 7.91. The van der Waals surface area contributed by atoms with Gasteiger partial charge in [0, 0.05) is 4.88 Å². The predicted molar refractivity (Wildman–Crippen MR) is 79.3 cm³/mol. The van der Waals surface area contributed by atoms with E-state index in [9.17, 15) is 0 Å². The van der Waals surface area contributed by atoms with Gasteiger partial charge in [-0.05, 0) is 52.0 Å². The van der Waals surface area contributed by atoms with Gasteiger partial charge in [-0.15, -0.1) is 11.3 Å². The predicted octanol–water partition coefficient (Wildman–Crippen LogP) is 4.04. The van der Waals surface area contributed by atoms with Gasteiger partial charge in [0.2, 0.25) is 0 Å². The summed E-state index contributed by atoms with van der Waals surface area (Å²) >= 11 is 1.96. The second-order valence-corrected chi connectivity index (χ2v) is 6.69. The monoisotopic (exact) mass is 266 g/mol. The summed E-state index contributed by atoms with van der Waals surface area (Å²) in [5.74, 6) is 0. The average Bonchev–Trinajstić information content (AvgIpc) is 2.81. The van der Waals surface area contributed by atoms with E-state index in [1.54, 1.807) is 4.88 Å². The van der Waals surface area contributed by atoms with Crippen molar-refractivity contribution in [3.8, 4) is 0 Å². The molecule has 0 spiro atoms. The third-order valence-electron chi connectivity index (χ3n) is 3.83. The molecule has 2 rings (SSSR count). The number of aryl methyl sites for hydroxylation is 2. The number of rotatable bonds is 6. The van der Waals surface area contributed by atoms with E-state index in [1.807, 2.05) is 11.3 Å². The Bertz CT molecular complexity index is 362. The van der Waals surface area contributed by atoms with E-state index in [2.05, 4.69) is 26.1 Å². The second kappa shape index (κ2) is 6.16. The van der Waals surface area contributed by atoms with Crippen LogP contribution >= 0.6 is 11.3 Å². The van der Waals surface area contributed by atoms with E-state index < -0.39 is 0 Å². The minimum atomic E-state index is 0.0900. The van der Waals surface area contributed by atoms with Crippen molar-refractivity contribution < 1.29 is 0 Å². The molecule has 1 aromatic heterocycles. The quantitative estimate of drug-likeness (QED) is 0.840. The number of nitrogens with one attached hydrogen (secondary N) is 1. The fraction of sp³-hybridized carbons (Fsp3) is 0.800. The molecule has 102 valence electrons. The van der Waals surface area contributed by atoms with E-state index in [1.165, 1.54) is 55.6 Å². The van der Waals surface area contributed by atoms with Gasteiger partial charge in [0.25, 0.3) is 0 Å². The lowest BCUT2D eigenvalue weighted by atomic mass is 9.96. The maximum Gasteiger partial charge on any atom is 0.113 e. The minimum absolute atomic E-state index is 0.0900. The van der Waals surface area contributed by atoms with Crippen molar-refractivity contribution in [2.24, 2.45) is 0 Å². The summed E-state index contributed by atoms with van der Waals surface area (Å²) in [5.41, 5.74) is 1.48. The molecule has 1 N–H and O–H groups in total.